The van der Waals surface area contributed by atoms with E-state index >= 15 is 0 Å². The Morgan fingerprint density at radius 3 is 1.38 bits per heavy atom. The second kappa shape index (κ2) is 35.9. The van der Waals surface area contributed by atoms with E-state index in [0.29, 0.717) is 24.8 Å². The largest absolute Gasteiger partial charge is 0.480 e. The number of alkyl halides is 7. The maximum Gasteiger partial charge on any atom is 0.427 e. The number of carbonyl (C=O) groups excluding carboxylic acids is 2. The Bertz CT molecular complexity index is 3690. The van der Waals surface area contributed by atoms with Crippen molar-refractivity contribution in [2.24, 2.45) is 11.8 Å². The van der Waals surface area contributed by atoms with Crippen LogP contribution in [0.5, 0.6) is 11.8 Å². The molecular weight excluding hydrogens is 1220 g/mol. The molecule has 2 aliphatic heterocycles. The molecule has 2 saturated carbocycles. The Labute approximate surface area is 566 Å². The zero-order valence-corrected chi connectivity index (χ0v) is 51.7. The molecule has 2 aliphatic carbocycles. The number of urea groups is 2. The summed E-state index contributed by atoms with van der Waals surface area (Å²) in [7, 11) is 74.2. The van der Waals surface area contributed by atoms with E-state index in [-0.39, 0.29) is 58.2 Å². The molecule has 2 aromatic heterocycles. The summed E-state index contributed by atoms with van der Waals surface area (Å²) < 4.78 is 123. The Morgan fingerprint density at radius 1 is 0.617 bits per heavy atom. The van der Waals surface area contributed by atoms with Crippen molar-refractivity contribution in [1.29, 1.82) is 0 Å². The smallest absolute Gasteiger partial charge is 0.427 e. The minimum Gasteiger partial charge on any atom is -0.480 e. The number of anilines is 2. The van der Waals surface area contributed by atoms with Crippen LogP contribution in [0.15, 0.2) is 58.1 Å². The summed E-state index contributed by atoms with van der Waals surface area (Å²) in [5.74, 6) is 23.0. The number of hydrogen-bond acceptors (Lipinski definition) is 8. The summed E-state index contributed by atoms with van der Waals surface area (Å²) >= 11 is 5.56. The van der Waals surface area contributed by atoms with Crippen molar-refractivity contribution < 1.29 is 54.2 Å². The van der Waals surface area contributed by atoms with Crippen LogP contribution in [0.1, 0.15) is 61.8 Å². The highest BCUT2D eigenvalue weighted by Gasteiger charge is 2.61. The van der Waals surface area contributed by atoms with Gasteiger partial charge < -0.3 is 30.7 Å². The third-order valence-corrected chi connectivity index (χ3v) is 14.5. The van der Waals surface area contributed by atoms with Gasteiger partial charge in [-0.05, 0) is 87.5 Å². The van der Waals surface area contributed by atoms with Crippen molar-refractivity contribution in [2.45, 2.75) is 75.4 Å². The van der Waals surface area contributed by atoms with Gasteiger partial charge in [0.2, 0.25) is 22.8 Å². The average molecular weight is 1260 g/mol. The molecule has 0 bridgehead atoms. The van der Waals surface area contributed by atoms with Gasteiger partial charge in [-0.3, -0.25) is 9.59 Å². The van der Waals surface area contributed by atoms with Gasteiger partial charge in [0.15, 0.2) is 0 Å². The molecule has 46 heteroatoms. The number of nitrogens with zero attached hydrogens (tertiary/aromatic N) is 3. The monoisotopic (exact) mass is 1260 g/mol. The van der Waals surface area contributed by atoms with Crippen LogP contribution in [0.3, 0.4) is 0 Å². The minimum atomic E-state index is -5.00. The molecule has 5 N–H and O–H groups in total. The van der Waals surface area contributed by atoms with E-state index < -0.39 is 128 Å². The number of methoxy groups -OCH3 is 2. The van der Waals surface area contributed by atoms with Gasteiger partial charge in [-0.2, -0.15) is 26.3 Å². The van der Waals surface area contributed by atoms with E-state index in [9.17, 15) is 54.3 Å². The number of H-pyrrole nitrogens is 1. The lowest BCUT2D eigenvalue weighted by Crippen LogP contribution is -2.83. The van der Waals surface area contributed by atoms with Crippen LogP contribution >= 0.6 is 11.6 Å². The maximum atomic E-state index is 14.9. The van der Waals surface area contributed by atoms with Gasteiger partial charge in [0.1, 0.15) is 11.6 Å². The third-order valence-electron chi connectivity index (χ3n) is 14.3. The van der Waals surface area contributed by atoms with E-state index in [4.69, 9.17) is 109 Å². The number of aromatic amines is 1. The average Bonchev–Trinajstić information content (AvgIpc) is 1.60. The third kappa shape index (κ3) is 21.7. The molecule has 94 heavy (non-hydrogen) atoms. The van der Waals surface area contributed by atoms with E-state index in [1.54, 1.807) is 13.8 Å². The molecule has 25 radical (unpaired) electrons. The summed E-state index contributed by atoms with van der Waals surface area (Å²) in [5, 5.41) is 17.8. The van der Waals surface area contributed by atoms with Crippen molar-refractivity contribution in [3.05, 3.63) is 103 Å². The van der Waals surface area contributed by atoms with E-state index in [2.05, 4.69) is 89.9 Å². The quantitative estimate of drug-likeness (QED) is 0.0421. The highest BCUT2D eigenvalue weighted by atomic mass is 35.5. The van der Waals surface area contributed by atoms with Crippen LogP contribution in [0.4, 0.5) is 56.1 Å². The number of amides is 4. The van der Waals surface area contributed by atoms with Crippen molar-refractivity contribution in [3.8, 4) is 71.0 Å². The lowest BCUT2D eigenvalue weighted by atomic mass is 8.36. The summed E-state index contributed by atoms with van der Waals surface area (Å²) in [6.45, 7) is 3.10. The fraction of sp³-hybridized carbons (Fsp3) is 0.333. The number of nitrogens with one attached hydrogen (secondary N) is 5. The molecule has 4 aromatic rings. The first kappa shape index (κ1) is 79.8. The fourth-order valence-electron chi connectivity index (χ4n) is 9.39. The first-order valence-corrected chi connectivity index (χ1v) is 28.6. The Hall–Kier alpha value is -6.64. The second-order valence-electron chi connectivity index (χ2n) is 21.2. The molecule has 8 rings (SSSR count). The van der Waals surface area contributed by atoms with Crippen LogP contribution in [0, 0.1) is 82.7 Å². The van der Waals surface area contributed by atoms with Gasteiger partial charge in [-0.25, -0.2) is 28.2 Å². The SMILES string of the molecule is CC#CC#CC#CC.COc1ccc(=O)[nH]n1.COc1ccc(=O)n(Cc2cc3c(cc2F)[C@@](C#CC2CC2)(C(F)(F)F)NC(=O)N3)n1.O=C1Nc2cc(CCl)c(F)cc2[C@@](C#CC2CC2)(C(F)(F)F)N1.[B][B]B([B])B(B([B])[B])B(B(B([B])[B])B([B])[B])B(B([B])[B])B([B])[B]. The molecular formula is C48H39B23ClF8N8O6. The van der Waals surface area contributed by atoms with Crippen LogP contribution in [0.2, 0.25) is 0 Å². The molecule has 2 fully saturated rings. The number of benzene rings is 2. The van der Waals surface area contributed by atoms with Crippen molar-refractivity contribution in [3.63, 3.8) is 0 Å². The summed E-state index contributed by atoms with van der Waals surface area (Å²) in [6.07, 6.45) is -15.1. The predicted molar refractivity (Wildman–Crippen MR) is 376 cm³/mol. The number of carbonyl (C=O) groups is 2. The lowest BCUT2D eigenvalue weighted by molar-refractivity contribution is -0.179. The highest BCUT2D eigenvalue weighted by Crippen LogP contribution is 2.47. The van der Waals surface area contributed by atoms with Gasteiger partial charge in [-0.15, -0.1) is 21.8 Å². The van der Waals surface area contributed by atoms with Crippen LogP contribution in [-0.4, -0.2) is 222 Å². The molecule has 4 heterocycles. The first-order valence-electron chi connectivity index (χ1n) is 28.1. The second-order valence-corrected chi connectivity index (χ2v) is 21.4. The normalized spacial score (nSPS) is 15.8. The minimum absolute atomic E-state index is 0.00107. The number of ether oxygens (including phenoxy) is 2. The summed E-state index contributed by atoms with van der Waals surface area (Å²) in [5.41, 5.74) is -8.33. The van der Waals surface area contributed by atoms with Gasteiger partial charge in [0.05, 0.1) is 26.6 Å². The summed E-state index contributed by atoms with van der Waals surface area (Å²) in [4.78, 5) is 46.2. The highest BCUT2D eigenvalue weighted by molar-refractivity contribution is 8.22. The number of rotatable bonds is 15. The number of fused-ring (bicyclic) bond motifs is 2. The molecule has 0 spiro atoms. The van der Waals surface area contributed by atoms with Crippen molar-refractivity contribution in [2.75, 3.05) is 24.9 Å². The Kier molecular flexibility index (Phi) is 30.5. The van der Waals surface area contributed by atoms with Crippen LogP contribution in [0.25, 0.3) is 0 Å². The van der Waals surface area contributed by atoms with Crippen molar-refractivity contribution >= 4 is 199 Å². The Balaban J connectivity index is 0.000000269. The predicted octanol–water partition coefficient (Wildman–Crippen LogP) is -1.33. The van der Waals surface area contributed by atoms with Crippen molar-refractivity contribution in [1.82, 2.24) is 30.6 Å². The number of hydrogen-bond donors (Lipinski definition) is 5. The van der Waals surface area contributed by atoms with E-state index in [1.165, 1.54) is 39.5 Å². The first-order chi connectivity index (χ1) is 44.1. The fourth-order valence-corrected chi connectivity index (χ4v) is 9.59. The zero-order chi connectivity index (χ0) is 70.6. The molecule has 2 aromatic carbocycles. The molecule has 0 unspecified atom stereocenters. The number of halogens is 9. The van der Waals surface area contributed by atoms with Gasteiger partial charge in [0.25, 0.3) is 11.1 Å². The topological polar surface area (TPSA) is 181 Å². The zero-order valence-electron chi connectivity index (χ0n) is 51.0. The van der Waals surface area contributed by atoms with Gasteiger partial charge >= 0.3 is 24.4 Å². The maximum absolute atomic E-state index is 14.9. The molecule has 4 amide bonds. The van der Waals surface area contributed by atoms with Gasteiger partial charge in [-0.1, -0.05) is 35.5 Å². The Morgan fingerprint density at radius 2 is 1.03 bits per heavy atom. The van der Waals surface area contributed by atoms with E-state index in [1.807, 2.05) is 10.6 Å². The molecule has 14 nitrogen and oxygen atoms in total. The molecule has 439 valence electrons. The molecule has 2 atom stereocenters. The number of aromatic nitrogens is 4. The lowest BCUT2D eigenvalue weighted by Gasteiger charge is -2.45. The summed E-state index contributed by atoms with van der Waals surface area (Å²) in [6, 6.07) is 6.74. The van der Waals surface area contributed by atoms with Crippen LogP contribution in [-0.2, 0) is 23.5 Å². The van der Waals surface area contributed by atoms with Crippen LogP contribution < -0.4 is 41.9 Å². The molecule has 4 aliphatic rings. The standard InChI is InChI=1S/C20H16F4N4O3.C15H11ClF4N2O.C8H6.C5H6N2O2.B23/c1-31-16-4-5-17(29)28(27-16)10-12-8-15-13(9-14(12)21)19(20(22,23)24,26-18(30)25-15)7-6-11-2-3-11;16-7-9-5-12-10(6-11(9)17)14(15(18,19)20,22-13(23)21-12)4-3-8-1-2-8;1-3-5-7-8-6-4-2;1-9-5-3-2-4(8)6-7-5;1-13-19(12)22(18(10)11)23(20(14(2)3)15(4)5)21(16(6)7)17(8)9/h4-5,8-9,11H,2-3,10H2,1H3,(H2,25,26,30);5-6,8H,1-2,7H2,(H2,21,22,23);1-2H3;2-3H,1H3,(H,6,8);/t19-;14-;;;/m00.../s1. The van der Waals surface area contributed by atoms with Gasteiger partial charge in [0, 0.05) is 233 Å². The molecule has 0 saturated heterocycles. The van der Waals surface area contributed by atoms with E-state index in [0.717, 1.165) is 41.8 Å².